The number of aliphatic carboxylic acids is 1. The van der Waals surface area contributed by atoms with Crippen molar-refractivity contribution in [1.29, 1.82) is 0 Å². The molecule has 6 heteroatoms. The summed E-state index contributed by atoms with van der Waals surface area (Å²) in [6.07, 6.45) is 0.972. The number of hydrogen-bond donors (Lipinski definition) is 3. The minimum atomic E-state index is -0.994. The van der Waals surface area contributed by atoms with Crippen molar-refractivity contribution in [3.8, 4) is 0 Å². The summed E-state index contributed by atoms with van der Waals surface area (Å²) >= 11 is 0. The number of aliphatic imine (C=N–C) groups is 1. The molecule has 0 heterocycles. The van der Waals surface area contributed by atoms with Crippen molar-refractivity contribution in [3.05, 3.63) is 0 Å². The molecule has 0 aliphatic heterocycles. The average molecular weight is 203 g/mol. The monoisotopic (exact) mass is 203 g/mol. The average Bonchev–Trinajstić information content (AvgIpc) is 2.12. The van der Waals surface area contributed by atoms with E-state index in [1.54, 1.807) is 0 Å². The zero-order valence-corrected chi connectivity index (χ0v) is 8.27. The maximum Gasteiger partial charge on any atom is 0.320 e. The fourth-order valence-corrected chi connectivity index (χ4v) is 0.817. The summed E-state index contributed by atoms with van der Waals surface area (Å²) in [5.41, 5.74) is 10.6. The molecule has 6 nitrogen and oxygen atoms in total. The first-order chi connectivity index (χ1) is 6.57. The Kier molecular flexibility index (Phi) is 6.47. The zero-order chi connectivity index (χ0) is 11.0. The van der Waals surface area contributed by atoms with Gasteiger partial charge in [-0.3, -0.25) is 4.79 Å². The summed E-state index contributed by atoms with van der Waals surface area (Å²) in [6, 6.07) is -0.685. The molecule has 0 saturated carbocycles. The van der Waals surface area contributed by atoms with Crippen LogP contribution >= 0.6 is 0 Å². The van der Waals surface area contributed by atoms with Gasteiger partial charge in [-0.05, 0) is 19.8 Å². The summed E-state index contributed by atoms with van der Waals surface area (Å²) < 4.78 is 4.88. The van der Waals surface area contributed by atoms with Gasteiger partial charge in [-0.25, -0.2) is 4.99 Å². The van der Waals surface area contributed by atoms with Gasteiger partial charge in [-0.2, -0.15) is 0 Å². The van der Waals surface area contributed by atoms with Crippen LogP contribution in [0.3, 0.4) is 0 Å². The van der Waals surface area contributed by atoms with Gasteiger partial charge in [0.1, 0.15) is 6.04 Å². The van der Waals surface area contributed by atoms with Crippen molar-refractivity contribution in [2.45, 2.75) is 25.8 Å². The SMILES string of the molecule is CCOC(N)=NCCC[C@H](N)C(=O)O. The Bertz CT molecular complexity index is 206. The molecule has 0 aromatic rings. The van der Waals surface area contributed by atoms with Crippen molar-refractivity contribution in [1.82, 2.24) is 0 Å². The van der Waals surface area contributed by atoms with E-state index in [1.807, 2.05) is 6.92 Å². The quantitative estimate of drug-likeness (QED) is 0.307. The van der Waals surface area contributed by atoms with Crippen LogP contribution in [0.5, 0.6) is 0 Å². The Hall–Kier alpha value is -1.30. The van der Waals surface area contributed by atoms with E-state index in [2.05, 4.69) is 4.99 Å². The number of amidine groups is 1. The molecule has 0 aromatic heterocycles. The van der Waals surface area contributed by atoms with Gasteiger partial charge in [0.25, 0.3) is 6.02 Å². The Balaban J connectivity index is 3.55. The minimum Gasteiger partial charge on any atom is -0.480 e. The van der Waals surface area contributed by atoms with E-state index in [0.29, 0.717) is 26.0 Å². The van der Waals surface area contributed by atoms with Gasteiger partial charge < -0.3 is 21.3 Å². The summed E-state index contributed by atoms with van der Waals surface area (Å²) in [5, 5.41) is 8.46. The second-order valence-corrected chi connectivity index (χ2v) is 2.74. The van der Waals surface area contributed by atoms with Crippen LogP contribution in [0.25, 0.3) is 0 Å². The molecular weight excluding hydrogens is 186 g/mol. The standard InChI is InChI=1S/C8H17N3O3/c1-2-14-8(10)11-5-3-4-6(9)7(12)13/h6H,2-5,9H2,1H3,(H2,10,11)(H,12,13)/t6-/m0/s1. The number of carbonyl (C=O) groups is 1. The van der Waals surface area contributed by atoms with Gasteiger partial charge >= 0.3 is 5.97 Å². The van der Waals surface area contributed by atoms with Crippen molar-refractivity contribution in [3.63, 3.8) is 0 Å². The summed E-state index contributed by atoms with van der Waals surface area (Å²) in [6.45, 7) is 2.72. The molecule has 0 rings (SSSR count). The van der Waals surface area contributed by atoms with E-state index in [-0.39, 0.29) is 6.02 Å². The maximum absolute atomic E-state index is 10.3. The molecule has 82 valence electrons. The van der Waals surface area contributed by atoms with E-state index < -0.39 is 12.0 Å². The third-order valence-corrected chi connectivity index (χ3v) is 1.55. The zero-order valence-electron chi connectivity index (χ0n) is 8.27. The van der Waals surface area contributed by atoms with Gasteiger partial charge in [0.15, 0.2) is 0 Å². The van der Waals surface area contributed by atoms with E-state index >= 15 is 0 Å². The molecule has 0 fully saturated rings. The summed E-state index contributed by atoms with van der Waals surface area (Å²) in [7, 11) is 0. The van der Waals surface area contributed by atoms with Crippen molar-refractivity contribution in [2.24, 2.45) is 16.5 Å². The first-order valence-electron chi connectivity index (χ1n) is 4.49. The van der Waals surface area contributed by atoms with Gasteiger partial charge in [0.05, 0.1) is 6.61 Å². The number of nitrogens with two attached hydrogens (primary N) is 2. The fourth-order valence-electron chi connectivity index (χ4n) is 0.817. The van der Waals surface area contributed by atoms with E-state index in [1.165, 1.54) is 0 Å². The Morgan fingerprint density at radius 3 is 2.79 bits per heavy atom. The Morgan fingerprint density at radius 1 is 1.64 bits per heavy atom. The lowest BCUT2D eigenvalue weighted by Gasteiger charge is -2.04. The number of ether oxygens (including phenoxy) is 1. The van der Waals surface area contributed by atoms with Gasteiger partial charge in [-0.15, -0.1) is 0 Å². The van der Waals surface area contributed by atoms with Crippen LogP contribution in [0.1, 0.15) is 19.8 Å². The van der Waals surface area contributed by atoms with Gasteiger partial charge in [0, 0.05) is 6.54 Å². The molecule has 14 heavy (non-hydrogen) atoms. The smallest absolute Gasteiger partial charge is 0.320 e. The predicted octanol–water partition coefficient (Wildman–Crippen LogP) is -0.470. The van der Waals surface area contributed by atoms with Crippen LogP contribution in [0.2, 0.25) is 0 Å². The molecule has 0 radical (unpaired) electrons. The molecule has 0 bridgehead atoms. The Morgan fingerprint density at radius 2 is 2.29 bits per heavy atom. The van der Waals surface area contributed by atoms with Crippen LogP contribution in [0.15, 0.2) is 4.99 Å². The highest BCUT2D eigenvalue weighted by atomic mass is 16.5. The number of carboxylic acids is 1. The first-order valence-corrected chi connectivity index (χ1v) is 4.49. The van der Waals surface area contributed by atoms with Crippen molar-refractivity contribution in [2.75, 3.05) is 13.2 Å². The second-order valence-electron chi connectivity index (χ2n) is 2.74. The molecule has 0 amide bonds. The minimum absolute atomic E-state index is 0.136. The van der Waals surface area contributed by atoms with E-state index in [4.69, 9.17) is 21.3 Å². The van der Waals surface area contributed by atoms with Crippen molar-refractivity contribution < 1.29 is 14.6 Å². The van der Waals surface area contributed by atoms with Crippen LogP contribution in [-0.2, 0) is 9.53 Å². The van der Waals surface area contributed by atoms with Crippen LogP contribution < -0.4 is 11.5 Å². The third-order valence-electron chi connectivity index (χ3n) is 1.55. The predicted molar refractivity (Wildman–Crippen MR) is 53.0 cm³/mol. The number of carboxylic acid groups (broad SMARTS) is 1. The number of nitrogens with zero attached hydrogens (tertiary/aromatic N) is 1. The Labute approximate surface area is 82.9 Å². The summed E-state index contributed by atoms with van der Waals surface area (Å²) in [4.78, 5) is 14.2. The third kappa shape index (κ3) is 6.24. The van der Waals surface area contributed by atoms with Crippen LogP contribution in [-0.4, -0.2) is 36.3 Å². The summed E-state index contributed by atoms with van der Waals surface area (Å²) in [5.74, 6) is -0.994. The molecular formula is C8H17N3O3. The number of hydrogen-bond acceptors (Lipinski definition) is 4. The van der Waals surface area contributed by atoms with E-state index in [9.17, 15) is 4.79 Å². The van der Waals surface area contributed by atoms with Gasteiger partial charge in [0.2, 0.25) is 0 Å². The largest absolute Gasteiger partial charge is 0.480 e. The van der Waals surface area contributed by atoms with Crippen LogP contribution in [0, 0.1) is 0 Å². The second kappa shape index (κ2) is 7.14. The fraction of sp³-hybridized carbons (Fsp3) is 0.750. The maximum atomic E-state index is 10.3. The molecule has 0 aliphatic carbocycles. The first kappa shape index (κ1) is 12.7. The normalized spacial score (nSPS) is 13.7. The van der Waals surface area contributed by atoms with Gasteiger partial charge in [-0.1, -0.05) is 0 Å². The molecule has 0 aliphatic rings. The lowest BCUT2D eigenvalue weighted by molar-refractivity contribution is -0.138. The van der Waals surface area contributed by atoms with E-state index in [0.717, 1.165) is 0 Å². The highest BCUT2D eigenvalue weighted by Gasteiger charge is 2.09. The van der Waals surface area contributed by atoms with Crippen LogP contribution in [0.4, 0.5) is 0 Å². The number of rotatable bonds is 6. The lowest BCUT2D eigenvalue weighted by atomic mass is 10.2. The molecule has 0 saturated heterocycles. The highest BCUT2D eigenvalue weighted by Crippen LogP contribution is 1.95. The lowest BCUT2D eigenvalue weighted by Crippen LogP contribution is -2.30. The highest BCUT2D eigenvalue weighted by molar-refractivity contribution is 5.73. The molecule has 0 unspecified atom stereocenters. The molecule has 5 N–H and O–H groups in total. The topological polar surface area (TPSA) is 111 Å². The molecule has 1 atom stereocenters. The van der Waals surface area contributed by atoms with Crippen molar-refractivity contribution >= 4 is 12.0 Å². The molecule has 0 aromatic carbocycles. The molecule has 0 spiro atoms.